The van der Waals surface area contributed by atoms with Crippen molar-refractivity contribution in [1.29, 1.82) is 0 Å². The van der Waals surface area contributed by atoms with E-state index < -0.39 is 0 Å². The second-order valence-electron chi connectivity index (χ2n) is 3.32. The predicted octanol–water partition coefficient (Wildman–Crippen LogP) is 3.59. The molecule has 0 aliphatic rings. The van der Waals surface area contributed by atoms with Crippen LogP contribution in [0.5, 0.6) is 0 Å². The molecule has 0 fully saturated rings. The Hall–Kier alpha value is -1.57. The van der Waals surface area contributed by atoms with Crippen molar-refractivity contribution in [3.05, 3.63) is 42.5 Å². The van der Waals surface area contributed by atoms with E-state index in [2.05, 4.69) is 6.58 Å². The zero-order valence-electron chi connectivity index (χ0n) is 11.4. The van der Waals surface area contributed by atoms with Gasteiger partial charge in [0.25, 0.3) is 5.91 Å². The van der Waals surface area contributed by atoms with E-state index in [1.165, 1.54) is 0 Å². The Kier molecular flexibility index (Phi) is 7.78. The molecule has 1 aromatic carbocycles. The van der Waals surface area contributed by atoms with Gasteiger partial charge >= 0.3 is 0 Å². The molecule has 0 aliphatic heterocycles. The normalized spacial score (nSPS) is 8.94. The molecule has 0 unspecified atom stereocenters. The Morgan fingerprint density at radius 2 is 1.59 bits per heavy atom. The average molecular weight is 233 g/mol. The summed E-state index contributed by atoms with van der Waals surface area (Å²) in [7, 11) is 0. The van der Waals surface area contributed by atoms with Crippen molar-refractivity contribution in [2.75, 3.05) is 13.1 Å². The van der Waals surface area contributed by atoms with Crippen LogP contribution >= 0.6 is 0 Å². The van der Waals surface area contributed by atoms with E-state index >= 15 is 0 Å². The number of rotatable bonds is 4. The van der Waals surface area contributed by atoms with E-state index in [-0.39, 0.29) is 5.91 Å². The van der Waals surface area contributed by atoms with Crippen LogP contribution in [0.3, 0.4) is 0 Å². The second-order valence-corrected chi connectivity index (χ2v) is 3.32. The van der Waals surface area contributed by atoms with Crippen LogP contribution in [-0.2, 0) is 4.79 Å². The molecule has 0 saturated heterocycles. The van der Waals surface area contributed by atoms with Gasteiger partial charge in [-0.2, -0.15) is 0 Å². The Balaban J connectivity index is 0.00000121. The molecule has 0 atom stereocenters. The van der Waals surface area contributed by atoms with Gasteiger partial charge in [-0.05, 0) is 19.4 Å². The molecule has 1 rings (SSSR count). The number of carbonyl (C=O) groups is 1. The summed E-state index contributed by atoms with van der Waals surface area (Å²) in [6, 6.07) is 9.57. The third-order valence-corrected chi connectivity index (χ3v) is 2.43. The van der Waals surface area contributed by atoms with Gasteiger partial charge in [0.05, 0.1) is 0 Å². The maximum absolute atomic E-state index is 11.9. The number of hydrogen-bond donors (Lipinski definition) is 0. The summed E-state index contributed by atoms with van der Waals surface area (Å²) in [6.45, 7) is 13.2. The van der Waals surface area contributed by atoms with E-state index in [0.29, 0.717) is 5.57 Å². The lowest BCUT2D eigenvalue weighted by Crippen LogP contribution is -2.30. The Labute approximate surface area is 105 Å². The molecule has 0 bridgehead atoms. The predicted molar refractivity (Wildman–Crippen MR) is 74.8 cm³/mol. The van der Waals surface area contributed by atoms with Crippen LogP contribution in [0.4, 0.5) is 0 Å². The molecule has 94 valence electrons. The molecule has 17 heavy (non-hydrogen) atoms. The van der Waals surface area contributed by atoms with Crippen molar-refractivity contribution >= 4 is 11.5 Å². The third kappa shape index (κ3) is 4.43. The minimum absolute atomic E-state index is 0.0196. The lowest BCUT2D eigenvalue weighted by atomic mass is 10.1. The maximum Gasteiger partial charge on any atom is 0.253 e. The first kappa shape index (κ1) is 15.4. The molecule has 0 N–H and O–H groups in total. The molecule has 0 spiro atoms. The lowest BCUT2D eigenvalue weighted by molar-refractivity contribution is -0.124. The summed E-state index contributed by atoms with van der Waals surface area (Å²) in [5.41, 5.74) is 1.47. The fourth-order valence-electron chi connectivity index (χ4n) is 1.46. The van der Waals surface area contributed by atoms with E-state index in [0.717, 1.165) is 18.7 Å². The van der Waals surface area contributed by atoms with Crippen LogP contribution in [0.1, 0.15) is 33.3 Å². The smallest absolute Gasteiger partial charge is 0.253 e. The Bertz CT molecular complexity index is 339. The van der Waals surface area contributed by atoms with E-state index in [1.807, 2.05) is 58.0 Å². The van der Waals surface area contributed by atoms with Crippen molar-refractivity contribution in [2.24, 2.45) is 0 Å². The largest absolute Gasteiger partial charge is 0.339 e. The van der Waals surface area contributed by atoms with Gasteiger partial charge in [0, 0.05) is 18.7 Å². The highest BCUT2D eigenvalue weighted by Crippen LogP contribution is 2.14. The van der Waals surface area contributed by atoms with Crippen LogP contribution in [-0.4, -0.2) is 23.9 Å². The number of benzene rings is 1. The molecule has 0 radical (unpaired) electrons. The molecule has 2 nitrogen and oxygen atoms in total. The minimum atomic E-state index is 0.0196. The second kappa shape index (κ2) is 8.57. The van der Waals surface area contributed by atoms with Crippen LogP contribution in [0.2, 0.25) is 0 Å². The van der Waals surface area contributed by atoms with Gasteiger partial charge < -0.3 is 4.90 Å². The summed E-state index contributed by atoms with van der Waals surface area (Å²) < 4.78 is 0. The van der Waals surface area contributed by atoms with E-state index in [1.54, 1.807) is 4.90 Å². The Morgan fingerprint density at radius 1 is 1.12 bits per heavy atom. The van der Waals surface area contributed by atoms with Crippen LogP contribution in [0, 0.1) is 0 Å². The van der Waals surface area contributed by atoms with Gasteiger partial charge in [-0.15, -0.1) is 0 Å². The van der Waals surface area contributed by atoms with Gasteiger partial charge in [0.1, 0.15) is 0 Å². The lowest BCUT2D eigenvalue weighted by Gasteiger charge is -2.19. The number of nitrogens with zero attached hydrogens (tertiary/aromatic N) is 1. The summed E-state index contributed by atoms with van der Waals surface area (Å²) in [6.07, 6.45) is 0. The van der Waals surface area contributed by atoms with Crippen molar-refractivity contribution in [3.63, 3.8) is 0 Å². The first-order valence-corrected chi connectivity index (χ1v) is 6.24. The highest BCUT2D eigenvalue weighted by Gasteiger charge is 2.14. The van der Waals surface area contributed by atoms with Crippen molar-refractivity contribution < 1.29 is 4.79 Å². The van der Waals surface area contributed by atoms with Gasteiger partial charge in [0.15, 0.2) is 0 Å². The van der Waals surface area contributed by atoms with Crippen molar-refractivity contribution in [2.45, 2.75) is 27.7 Å². The van der Waals surface area contributed by atoms with Crippen LogP contribution in [0.15, 0.2) is 36.9 Å². The standard InChI is InChI=1S/C13H17NO.C2H6/c1-4-14(5-2)13(15)11(3)12-9-7-6-8-10-12;1-2/h6-10H,3-5H2,1-2H3;1-2H3. The Morgan fingerprint density at radius 3 is 2.00 bits per heavy atom. The molecule has 0 heterocycles. The summed E-state index contributed by atoms with van der Waals surface area (Å²) in [4.78, 5) is 13.7. The van der Waals surface area contributed by atoms with E-state index in [9.17, 15) is 4.79 Å². The molecule has 0 saturated carbocycles. The highest BCUT2D eigenvalue weighted by atomic mass is 16.2. The average Bonchev–Trinajstić information content (AvgIpc) is 2.42. The molecular formula is C15H23NO. The molecule has 2 heteroatoms. The van der Waals surface area contributed by atoms with Gasteiger partial charge in [-0.1, -0.05) is 50.8 Å². The summed E-state index contributed by atoms with van der Waals surface area (Å²) in [5, 5.41) is 0. The first-order chi connectivity index (χ1) is 8.20. The molecule has 0 aromatic heterocycles. The maximum atomic E-state index is 11.9. The third-order valence-electron chi connectivity index (χ3n) is 2.43. The number of amides is 1. The first-order valence-electron chi connectivity index (χ1n) is 6.24. The van der Waals surface area contributed by atoms with E-state index in [4.69, 9.17) is 0 Å². The molecule has 1 aromatic rings. The molecule has 1 amide bonds. The summed E-state index contributed by atoms with van der Waals surface area (Å²) in [5.74, 6) is 0.0196. The van der Waals surface area contributed by atoms with Crippen molar-refractivity contribution in [3.8, 4) is 0 Å². The number of likely N-dealkylation sites (N-methyl/N-ethyl adjacent to an activating group) is 1. The van der Waals surface area contributed by atoms with Crippen molar-refractivity contribution in [1.82, 2.24) is 4.90 Å². The van der Waals surface area contributed by atoms with Crippen LogP contribution < -0.4 is 0 Å². The number of carbonyl (C=O) groups excluding carboxylic acids is 1. The highest BCUT2D eigenvalue weighted by molar-refractivity contribution is 6.18. The zero-order chi connectivity index (χ0) is 13.3. The SMILES string of the molecule is C=C(C(=O)N(CC)CC)c1ccccc1.CC. The van der Waals surface area contributed by atoms with Gasteiger partial charge in [-0.3, -0.25) is 4.79 Å². The monoisotopic (exact) mass is 233 g/mol. The fraction of sp³-hybridized carbons (Fsp3) is 0.400. The fourth-order valence-corrected chi connectivity index (χ4v) is 1.46. The van der Waals surface area contributed by atoms with Gasteiger partial charge in [-0.25, -0.2) is 0 Å². The zero-order valence-corrected chi connectivity index (χ0v) is 11.4. The van der Waals surface area contributed by atoms with Gasteiger partial charge in [0.2, 0.25) is 0 Å². The molecule has 0 aliphatic carbocycles. The van der Waals surface area contributed by atoms with Crippen LogP contribution in [0.25, 0.3) is 5.57 Å². The quantitative estimate of drug-likeness (QED) is 0.728. The topological polar surface area (TPSA) is 20.3 Å². The minimum Gasteiger partial charge on any atom is -0.339 e. The molecular weight excluding hydrogens is 210 g/mol. The summed E-state index contributed by atoms with van der Waals surface area (Å²) >= 11 is 0. The number of hydrogen-bond acceptors (Lipinski definition) is 1.